The van der Waals surface area contributed by atoms with E-state index in [1.165, 1.54) is 0 Å². The Labute approximate surface area is 191 Å². The molecule has 1 aromatic heterocycles. The molecule has 0 aliphatic carbocycles. The number of aromatic nitrogens is 1. The molecule has 3 aromatic rings. The second-order valence-corrected chi connectivity index (χ2v) is 8.38. The van der Waals surface area contributed by atoms with Gasteiger partial charge in [0, 0.05) is 54.8 Å². The van der Waals surface area contributed by atoms with Gasteiger partial charge in [-0.25, -0.2) is 4.98 Å². The van der Waals surface area contributed by atoms with Gasteiger partial charge >= 0.3 is 5.97 Å². The fourth-order valence-corrected chi connectivity index (χ4v) is 4.19. The van der Waals surface area contributed by atoms with Crippen LogP contribution in [0.2, 0.25) is 5.02 Å². The summed E-state index contributed by atoms with van der Waals surface area (Å²) in [5.74, 6) is -0.809. The number of halogens is 1. The van der Waals surface area contributed by atoms with Gasteiger partial charge in [0.25, 0.3) is 5.91 Å². The van der Waals surface area contributed by atoms with Crippen molar-refractivity contribution in [2.45, 2.75) is 12.8 Å². The Hall–Kier alpha value is -3.16. The minimum atomic E-state index is -0.775. The zero-order chi connectivity index (χ0) is 22.7. The molecule has 0 spiro atoms. The normalized spacial score (nSPS) is 14.6. The van der Waals surface area contributed by atoms with Gasteiger partial charge in [0.05, 0.1) is 16.2 Å². The van der Waals surface area contributed by atoms with Gasteiger partial charge in [-0.2, -0.15) is 0 Å². The first-order chi connectivity index (χ1) is 15.4. The number of piperazine rings is 1. The van der Waals surface area contributed by atoms with Crippen LogP contribution in [-0.2, 0) is 4.79 Å². The number of carboxylic acids is 1. The van der Waals surface area contributed by atoms with Crippen LogP contribution < -0.4 is 5.73 Å². The number of hydrogen-bond donors (Lipinski definition) is 2. The maximum atomic E-state index is 13.1. The molecule has 1 aliphatic rings. The summed E-state index contributed by atoms with van der Waals surface area (Å²) in [5, 5.41) is 10.2. The van der Waals surface area contributed by atoms with Crippen LogP contribution in [0.25, 0.3) is 22.2 Å². The number of amides is 1. The van der Waals surface area contributed by atoms with E-state index in [4.69, 9.17) is 27.4 Å². The molecule has 7 nitrogen and oxygen atoms in total. The lowest BCUT2D eigenvalue weighted by atomic mass is 10.1. The number of anilines is 1. The molecule has 0 saturated carbocycles. The van der Waals surface area contributed by atoms with Crippen LogP contribution in [0.15, 0.2) is 48.5 Å². The minimum Gasteiger partial charge on any atom is -0.481 e. The van der Waals surface area contributed by atoms with E-state index in [1.54, 1.807) is 12.1 Å². The van der Waals surface area contributed by atoms with Gasteiger partial charge in [-0.15, -0.1) is 0 Å². The molecule has 4 rings (SSSR count). The molecule has 2 heterocycles. The van der Waals surface area contributed by atoms with E-state index in [-0.39, 0.29) is 12.3 Å². The molecule has 3 N–H and O–H groups in total. The fourth-order valence-electron chi connectivity index (χ4n) is 3.93. The Morgan fingerprint density at radius 1 is 1.03 bits per heavy atom. The van der Waals surface area contributed by atoms with E-state index in [1.807, 2.05) is 41.3 Å². The maximum Gasteiger partial charge on any atom is 0.303 e. The van der Waals surface area contributed by atoms with E-state index in [2.05, 4.69) is 4.90 Å². The van der Waals surface area contributed by atoms with Crippen LogP contribution in [0.3, 0.4) is 0 Å². The molecule has 0 atom stereocenters. The highest BCUT2D eigenvalue weighted by molar-refractivity contribution is 6.35. The maximum absolute atomic E-state index is 13.1. The third-order valence-corrected chi connectivity index (χ3v) is 6.05. The zero-order valence-electron chi connectivity index (χ0n) is 17.6. The number of benzene rings is 2. The lowest BCUT2D eigenvalue weighted by molar-refractivity contribution is -0.137. The van der Waals surface area contributed by atoms with Gasteiger partial charge < -0.3 is 15.7 Å². The van der Waals surface area contributed by atoms with Crippen LogP contribution in [0.4, 0.5) is 5.69 Å². The quantitative estimate of drug-likeness (QED) is 0.552. The molecule has 2 aromatic carbocycles. The molecule has 0 radical (unpaired) electrons. The van der Waals surface area contributed by atoms with Crippen LogP contribution in [0.5, 0.6) is 0 Å². The number of nitrogens with two attached hydrogens (primary N) is 1. The topological polar surface area (TPSA) is 99.8 Å². The number of pyridine rings is 1. The Kier molecular flexibility index (Phi) is 6.58. The molecule has 166 valence electrons. The summed E-state index contributed by atoms with van der Waals surface area (Å²) < 4.78 is 0. The van der Waals surface area contributed by atoms with Gasteiger partial charge in [-0.3, -0.25) is 14.5 Å². The minimum absolute atomic E-state index is 0.0344. The molecule has 1 amide bonds. The Morgan fingerprint density at radius 3 is 2.44 bits per heavy atom. The average Bonchev–Trinajstić information content (AvgIpc) is 2.79. The number of aliphatic carboxylic acids is 1. The van der Waals surface area contributed by atoms with Crippen molar-refractivity contribution in [3.63, 3.8) is 0 Å². The number of fused-ring (bicyclic) bond motifs is 1. The number of rotatable bonds is 6. The lowest BCUT2D eigenvalue weighted by Crippen LogP contribution is -2.48. The zero-order valence-corrected chi connectivity index (χ0v) is 18.4. The second-order valence-electron chi connectivity index (χ2n) is 7.97. The molecular formula is C24H25ClN4O3. The summed E-state index contributed by atoms with van der Waals surface area (Å²) in [4.78, 5) is 32.5. The van der Waals surface area contributed by atoms with Gasteiger partial charge in [0.1, 0.15) is 0 Å². The first kappa shape index (κ1) is 22.0. The van der Waals surface area contributed by atoms with Crippen molar-refractivity contribution in [2.24, 2.45) is 0 Å². The van der Waals surface area contributed by atoms with Crippen LogP contribution in [-0.4, -0.2) is 64.5 Å². The third-order valence-electron chi connectivity index (χ3n) is 5.74. The second kappa shape index (κ2) is 9.54. The number of nitrogen functional groups attached to an aromatic ring is 1. The SMILES string of the molecule is Nc1ccc(-c2cc(Cl)c3ccc(C(=O)N4CCN(CCCC(=O)O)CC4)cc3n2)cc1. The van der Waals surface area contributed by atoms with Crippen LogP contribution in [0, 0.1) is 0 Å². The van der Waals surface area contributed by atoms with Crippen LogP contribution in [0.1, 0.15) is 23.2 Å². The molecule has 1 aliphatic heterocycles. The van der Waals surface area contributed by atoms with Crippen LogP contribution >= 0.6 is 11.6 Å². The molecule has 0 bridgehead atoms. The number of nitrogens with zero attached hydrogens (tertiary/aromatic N) is 3. The van der Waals surface area contributed by atoms with Gasteiger partial charge in [-0.05, 0) is 43.3 Å². The van der Waals surface area contributed by atoms with Crippen molar-refractivity contribution in [3.8, 4) is 11.3 Å². The summed E-state index contributed by atoms with van der Waals surface area (Å²) in [6.07, 6.45) is 0.793. The summed E-state index contributed by atoms with van der Waals surface area (Å²) in [5.41, 5.74) is 9.33. The molecule has 1 saturated heterocycles. The molecular weight excluding hydrogens is 428 g/mol. The average molecular weight is 453 g/mol. The van der Waals surface area contributed by atoms with Gasteiger partial charge in [0.2, 0.25) is 0 Å². The van der Waals surface area contributed by atoms with E-state index < -0.39 is 5.97 Å². The first-order valence-corrected chi connectivity index (χ1v) is 11.0. The van der Waals surface area contributed by atoms with Crippen molar-refractivity contribution < 1.29 is 14.7 Å². The number of carbonyl (C=O) groups excluding carboxylic acids is 1. The highest BCUT2D eigenvalue weighted by Gasteiger charge is 2.22. The summed E-state index contributed by atoms with van der Waals surface area (Å²) in [6.45, 7) is 3.45. The Balaban J connectivity index is 1.49. The summed E-state index contributed by atoms with van der Waals surface area (Å²) in [6, 6.07) is 14.7. The van der Waals surface area contributed by atoms with Gasteiger partial charge in [0.15, 0.2) is 0 Å². The summed E-state index contributed by atoms with van der Waals surface area (Å²) >= 11 is 6.50. The fraction of sp³-hybridized carbons (Fsp3) is 0.292. The van der Waals surface area contributed by atoms with Crippen molar-refractivity contribution in [1.82, 2.24) is 14.8 Å². The largest absolute Gasteiger partial charge is 0.481 e. The molecule has 32 heavy (non-hydrogen) atoms. The lowest BCUT2D eigenvalue weighted by Gasteiger charge is -2.34. The van der Waals surface area contributed by atoms with Crippen molar-refractivity contribution >= 4 is 40.1 Å². The highest BCUT2D eigenvalue weighted by Crippen LogP contribution is 2.29. The van der Waals surface area contributed by atoms with E-state index in [9.17, 15) is 9.59 Å². The monoisotopic (exact) mass is 452 g/mol. The molecule has 1 fully saturated rings. The van der Waals surface area contributed by atoms with Crippen molar-refractivity contribution in [1.29, 1.82) is 0 Å². The third kappa shape index (κ3) is 5.00. The molecule has 0 unspecified atom stereocenters. The highest BCUT2D eigenvalue weighted by atomic mass is 35.5. The van der Waals surface area contributed by atoms with E-state index >= 15 is 0 Å². The number of carboxylic acid groups (broad SMARTS) is 1. The number of carbonyl (C=O) groups is 2. The number of hydrogen-bond acceptors (Lipinski definition) is 5. The molecule has 8 heteroatoms. The standard InChI is InChI=1S/C24H25ClN4O3/c25-20-15-21(16-3-6-18(26)7-4-16)27-22-14-17(5-8-19(20)22)24(32)29-12-10-28(11-13-29)9-1-2-23(30)31/h3-8,14-15H,1-2,9-13,26H2,(H,30,31). The Morgan fingerprint density at radius 2 is 1.75 bits per heavy atom. The van der Waals surface area contributed by atoms with Crippen molar-refractivity contribution in [2.75, 3.05) is 38.5 Å². The van der Waals surface area contributed by atoms with E-state index in [0.29, 0.717) is 41.3 Å². The summed E-state index contributed by atoms with van der Waals surface area (Å²) in [7, 11) is 0. The van der Waals surface area contributed by atoms with Crippen molar-refractivity contribution in [3.05, 3.63) is 59.1 Å². The predicted molar refractivity (Wildman–Crippen MR) is 126 cm³/mol. The predicted octanol–water partition coefficient (Wildman–Crippen LogP) is 3.76. The Bertz CT molecular complexity index is 1140. The first-order valence-electron chi connectivity index (χ1n) is 10.6. The smallest absolute Gasteiger partial charge is 0.303 e. The van der Waals surface area contributed by atoms with Gasteiger partial charge in [-0.1, -0.05) is 29.8 Å². The van der Waals surface area contributed by atoms with E-state index in [0.717, 1.165) is 36.3 Å².